The Balaban J connectivity index is 2.00. The SMILES string of the molecule is CNc1cc(N2CCCN(CCO)CC2)ccn1. The molecule has 5 heteroatoms. The van der Waals surface area contributed by atoms with E-state index in [9.17, 15) is 0 Å². The van der Waals surface area contributed by atoms with Crippen LogP contribution in [0.25, 0.3) is 0 Å². The minimum atomic E-state index is 0.249. The first-order valence-corrected chi connectivity index (χ1v) is 6.55. The second-order valence-electron chi connectivity index (χ2n) is 4.56. The number of nitrogens with one attached hydrogen (secondary N) is 1. The Hall–Kier alpha value is -1.33. The zero-order valence-corrected chi connectivity index (χ0v) is 11.0. The molecular weight excluding hydrogens is 228 g/mol. The van der Waals surface area contributed by atoms with Gasteiger partial charge < -0.3 is 15.3 Å². The van der Waals surface area contributed by atoms with Gasteiger partial charge in [0.1, 0.15) is 5.82 Å². The lowest BCUT2D eigenvalue weighted by atomic mass is 10.3. The molecule has 5 nitrogen and oxygen atoms in total. The molecule has 18 heavy (non-hydrogen) atoms. The van der Waals surface area contributed by atoms with Gasteiger partial charge in [-0.25, -0.2) is 4.98 Å². The monoisotopic (exact) mass is 250 g/mol. The van der Waals surface area contributed by atoms with Crippen LogP contribution in [0, 0.1) is 0 Å². The summed E-state index contributed by atoms with van der Waals surface area (Å²) in [6, 6.07) is 4.14. The summed E-state index contributed by atoms with van der Waals surface area (Å²) in [4.78, 5) is 8.95. The molecule has 0 spiro atoms. The van der Waals surface area contributed by atoms with Crippen LogP contribution < -0.4 is 10.2 Å². The highest BCUT2D eigenvalue weighted by molar-refractivity contribution is 5.53. The Kier molecular flexibility index (Phi) is 4.78. The maximum atomic E-state index is 8.99. The lowest BCUT2D eigenvalue weighted by Crippen LogP contribution is -2.32. The lowest BCUT2D eigenvalue weighted by molar-refractivity contribution is 0.204. The molecular formula is C13H22N4O. The molecule has 0 aliphatic carbocycles. The van der Waals surface area contributed by atoms with E-state index in [1.807, 2.05) is 13.2 Å². The summed E-state index contributed by atoms with van der Waals surface area (Å²) in [6.45, 7) is 5.19. The molecule has 2 N–H and O–H groups in total. The number of pyridine rings is 1. The van der Waals surface area contributed by atoms with Crippen molar-refractivity contribution in [2.24, 2.45) is 0 Å². The van der Waals surface area contributed by atoms with Crippen LogP contribution in [0.1, 0.15) is 6.42 Å². The average Bonchev–Trinajstić information content (AvgIpc) is 2.65. The molecule has 1 aliphatic heterocycles. The zero-order valence-electron chi connectivity index (χ0n) is 11.0. The maximum absolute atomic E-state index is 8.99. The molecule has 1 fully saturated rings. The van der Waals surface area contributed by atoms with Gasteiger partial charge in [-0.15, -0.1) is 0 Å². The molecule has 1 aliphatic rings. The van der Waals surface area contributed by atoms with Gasteiger partial charge in [-0.2, -0.15) is 0 Å². The van der Waals surface area contributed by atoms with Crippen molar-refractivity contribution in [3.63, 3.8) is 0 Å². The predicted molar refractivity (Wildman–Crippen MR) is 74.1 cm³/mol. The van der Waals surface area contributed by atoms with Gasteiger partial charge in [0, 0.05) is 51.2 Å². The molecule has 100 valence electrons. The third-order valence-corrected chi connectivity index (χ3v) is 3.37. The highest BCUT2D eigenvalue weighted by Gasteiger charge is 2.14. The van der Waals surface area contributed by atoms with E-state index >= 15 is 0 Å². The molecule has 2 heterocycles. The lowest BCUT2D eigenvalue weighted by Gasteiger charge is -2.23. The normalized spacial score (nSPS) is 17.6. The van der Waals surface area contributed by atoms with Crippen LogP contribution in [0.2, 0.25) is 0 Å². The molecule has 1 aromatic heterocycles. The summed E-state index contributed by atoms with van der Waals surface area (Å²) in [5.74, 6) is 0.906. The van der Waals surface area contributed by atoms with Gasteiger partial charge in [-0.05, 0) is 19.0 Å². The first-order chi connectivity index (χ1) is 8.83. The van der Waals surface area contributed by atoms with Crippen LogP contribution in [-0.2, 0) is 0 Å². The Morgan fingerprint density at radius 2 is 2.22 bits per heavy atom. The number of β-amino-alcohol motifs (C(OH)–C–C–N with tert-alkyl or cyclic N) is 1. The number of aliphatic hydroxyl groups is 1. The minimum Gasteiger partial charge on any atom is -0.395 e. The van der Waals surface area contributed by atoms with Gasteiger partial charge in [0.05, 0.1) is 6.61 Å². The number of anilines is 2. The van der Waals surface area contributed by atoms with Crippen molar-refractivity contribution in [3.05, 3.63) is 18.3 Å². The van der Waals surface area contributed by atoms with Gasteiger partial charge in [0.15, 0.2) is 0 Å². The molecule has 0 bridgehead atoms. The Morgan fingerprint density at radius 1 is 1.33 bits per heavy atom. The van der Waals surface area contributed by atoms with E-state index in [-0.39, 0.29) is 6.61 Å². The predicted octanol–water partition coefficient (Wildman–Crippen LogP) is 0.628. The van der Waals surface area contributed by atoms with Gasteiger partial charge in [-0.1, -0.05) is 0 Å². The van der Waals surface area contributed by atoms with Crippen LogP contribution >= 0.6 is 0 Å². The molecule has 0 saturated carbocycles. The number of hydrogen-bond acceptors (Lipinski definition) is 5. The van der Waals surface area contributed by atoms with Crippen molar-refractivity contribution < 1.29 is 5.11 Å². The molecule has 0 aromatic carbocycles. The fourth-order valence-corrected chi connectivity index (χ4v) is 2.35. The third kappa shape index (κ3) is 3.34. The smallest absolute Gasteiger partial charge is 0.127 e. The van der Waals surface area contributed by atoms with Crippen molar-refractivity contribution in [2.45, 2.75) is 6.42 Å². The molecule has 0 atom stereocenters. The minimum absolute atomic E-state index is 0.249. The molecule has 1 saturated heterocycles. The highest BCUT2D eigenvalue weighted by atomic mass is 16.3. The topological polar surface area (TPSA) is 51.6 Å². The number of nitrogens with zero attached hydrogens (tertiary/aromatic N) is 3. The van der Waals surface area contributed by atoms with Crippen molar-refractivity contribution in [3.8, 4) is 0 Å². The van der Waals surface area contributed by atoms with E-state index in [1.165, 1.54) is 5.69 Å². The number of rotatable bonds is 4. The van der Waals surface area contributed by atoms with E-state index in [2.05, 4.69) is 32.2 Å². The van der Waals surface area contributed by atoms with Crippen molar-refractivity contribution in [1.29, 1.82) is 0 Å². The van der Waals surface area contributed by atoms with Crippen LogP contribution in [-0.4, -0.2) is 61.4 Å². The summed E-state index contributed by atoms with van der Waals surface area (Å²) < 4.78 is 0. The van der Waals surface area contributed by atoms with Crippen molar-refractivity contribution >= 4 is 11.5 Å². The summed E-state index contributed by atoms with van der Waals surface area (Å²) in [7, 11) is 1.89. The third-order valence-electron chi connectivity index (χ3n) is 3.37. The number of aliphatic hydroxyl groups excluding tert-OH is 1. The van der Waals surface area contributed by atoms with E-state index in [1.54, 1.807) is 0 Å². The average molecular weight is 250 g/mol. The molecule has 2 rings (SSSR count). The Morgan fingerprint density at radius 3 is 3.00 bits per heavy atom. The molecule has 0 radical (unpaired) electrons. The van der Waals surface area contributed by atoms with Gasteiger partial charge >= 0.3 is 0 Å². The summed E-state index contributed by atoms with van der Waals surface area (Å²) in [6.07, 6.45) is 2.98. The standard InChI is InChI=1S/C13H22N4O/c1-14-13-11-12(3-4-15-13)17-6-2-5-16(7-8-17)9-10-18/h3-4,11,18H,2,5-10H2,1H3,(H,14,15). The molecule has 0 unspecified atom stereocenters. The van der Waals surface area contributed by atoms with Crippen LogP contribution in [0.4, 0.5) is 11.5 Å². The second kappa shape index (κ2) is 6.56. The maximum Gasteiger partial charge on any atom is 0.127 e. The summed E-state index contributed by atoms with van der Waals surface area (Å²) >= 11 is 0. The first kappa shape index (κ1) is 13.1. The van der Waals surface area contributed by atoms with E-state index in [0.717, 1.165) is 45.0 Å². The van der Waals surface area contributed by atoms with Crippen LogP contribution in [0.3, 0.4) is 0 Å². The van der Waals surface area contributed by atoms with Crippen molar-refractivity contribution in [1.82, 2.24) is 9.88 Å². The summed E-state index contributed by atoms with van der Waals surface area (Å²) in [5, 5.41) is 12.1. The number of hydrogen-bond donors (Lipinski definition) is 2. The highest BCUT2D eigenvalue weighted by Crippen LogP contribution is 2.18. The first-order valence-electron chi connectivity index (χ1n) is 6.55. The van der Waals surface area contributed by atoms with E-state index in [4.69, 9.17) is 5.11 Å². The van der Waals surface area contributed by atoms with E-state index in [0.29, 0.717) is 0 Å². The largest absolute Gasteiger partial charge is 0.395 e. The van der Waals surface area contributed by atoms with Gasteiger partial charge in [0.2, 0.25) is 0 Å². The van der Waals surface area contributed by atoms with Gasteiger partial charge in [-0.3, -0.25) is 4.90 Å². The second-order valence-corrected chi connectivity index (χ2v) is 4.56. The van der Waals surface area contributed by atoms with Crippen LogP contribution in [0.15, 0.2) is 18.3 Å². The summed E-state index contributed by atoms with van der Waals surface area (Å²) in [5.41, 5.74) is 1.22. The van der Waals surface area contributed by atoms with Crippen LogP contribution in [0.5, 0.6) is 0 Å². The molecule has 1 aromatic rings. The Labute approximate surface area is 108 Å². The van der Waals surface area contributed by atoms with Gasteiger partial charge in [0.25, 0.3) is 0 Å². The fraction of sp³-hybridized carbons (Fsp3) is 0.615. The fourth-order valence-electron chi connectivity index (χ4n) is 2.35. The Bertz CT molecular complexity index is 372. The van der Waals surface area contributed by atoms with E-state index < -0.39 is 0 Å². The molecule has 0 amide bonds. The van der Waals surface area contributed by atoms with Crippen molar-refractivity contribution in [2.75, 3.05) is 56.6 Å². The number of aromatic nitrogens is 1. The quantitative estimate of drug-likeness (QED) is 0.821. The zero-order chi connectivity index (χ0) is 12.8.